The number of benzene rings is 1. The molecule has 1 saturated heterocycles. The molecule has 1 heterocycles. The van der Waals surface area contributed by atoms with Gasteiger partial charge in [-0.05, 0) is 12.5 Å². The van der Waals surface area contributed by atoms with E-state index in [0.29, 0.717) is 16.2 Å². The maximum atomic E-state index is 11.8. The molecule has 0 aliphatic carbocycles. The topological polar surface area (TPSA) is 140 Å². The van der Waals surface area contributed by atoms with Crippen molar-refractivity contribution >= 4 is 29.5 Å². The zero-order valence-electron chi connectivity index (χ0n) is 15.1. The maximum absolute atomic E-state index is 11.8. The van der Waals surface area contributed by atoms with Crippen LogP contribution >= 0.6 is 0 Å². The number of amidine groups is 2. The molecular formula is C17H23N5O4. The molecule has 0 unspecified atom stereocenters. The summed E-state index contributed by atoms with van der Waals surface area (Å²) < 4.78 is 0. The van der Waals surface area contributed by atoms with Crippen molar-refractivity contribution in [3.05, 3.63) is 35.4 Å². The van der Waals surface area contributed by atoms with Gasteiger partial charge in [-0.3, -0.25) is 9.59 Å². The van der Waals surface area contributed by atoms with E-state index >= 15 is 0 Å². The first-order valence-electron chi connectivity index (χ1n) is 8.16. The smallest absolute Gasteiger partial charge is 0.337 e. The van der Waals surface area contributed by atoms with Crippen molar-refractivity contribution in [3.63, 3.8) is 0 Å². The van der Waals surface area contributed by atoms with Crippen LogP contribution in [0.1, 0.15) is 44.7 Å². The van der Waals surface area contributed by atoms with Gasteiger partial charge in [0.05, 0.1) is 6.42 Å². The molecule has 1 aliphatic rings. The highest BCUT2D eigenvalue weighted by molar-refractivity contribution is 6.01. The number of hydrogen-bond acceptors (Lipinski definition) is 6. The van der Waals surface area contributed by atoms with Crippen molar-refractivity contribution in [1.82, 2.24) is 5.06 Å². The van der Waals surface area contributed by atoms with Crippen LogP contribution in [0.25, 0.3) is 0 Å². The highest BCUT2D eigenvalue weighted by Crippen LogP contribution is 2.13. The number of hydrogen-bond donors (Lipinski definition) is 2. The first kappa shape index (κ1) is 20.8. The maximum Gasteiger partial charge on any atom is 0.337 e. The van der Waals surface area contributed by atoms with E-state index in [1.54, 1.807) is 31.2 Å². The van der Waals surface area contributed by atoms with Crippen molar-refractivity contribution in [1.29, 1.82) is 0 Å². The van der Waals surface area contributed by atoms with Gasteiger partial charge < -0.3 is 16.3 Å². The molecule has 0 spiro atoms. The molecule has 2 amide bonds. The highest BCUT2D eigenvalue weighted by atomic mass is 16.7. The number of carbonyl (C=O) groups excluding carboxylic acids is 3. The average molecular weight is 361 g/mol. The van der Waals surface area contributed by atoms with Crippen LogP contribution in [0.15, 0.2) is 34.5 Å². The van der Waals surface area contributed by atoms with Crippen LogP contribution in [0.5, 0.6) is 0 Å². The first-order chi connectivity index (χ1) is 12.4. The molecule has 0 atom stereocenters. The predicted molar refractivity (Wildman–Crippen MR) is 96.7 cm³/mol. The van der Waals surface area contributed by atoms with Gasteiger partial charge in [0.1, 0.15) is 5.84 Å². The van der Waals surface area contributed by atoms with E-state index in [4.69, 9.17) is 16.3 Å². The Morgan fingerprint density at radius 1 is 1.08 bits per heavy atom. The third-order valence-electron chi connectivity index (χ3n) is 3.11. The Bertz CT molecular complexity index is 705. The minimum absolute atomic E-state index is 0.0597. The molecule has 1 aromatic rings. The molecule has 1 aliphatic heterocycles. The quantitative estimate of drug-likeness (QED) is 0.345. The number of carbonyl (C=O) groups is 3. The Hall–Kier alpha value is -3.23. The van der Waals surface area contributed by atoms with Crippen molar-refractivity contribution in [2.75, 3.05) is 0 Å². The summed E-state index contributed by atoms with van der Waals surface area (Å²) in [5.41, 5.74) is 12.4. The second-order valence-electron chi connectivity index (χ2n) is 5.15. The van der Waals surface area contributed by atoms with Gasteiger partial charge in [-0.25, -0.2) is 4.79 Å². The molecule has 1 aromatic carbocycles. The zero-order chi connectivity index (χ0) is 19.7. The van der Waals surface area contributed by atoms with Crippen LogP contribution in [-0.4, -0.2) is 34.5 Å². The molecule has 9 heteroatoms. The molecule has 2 rings (SSSR count). The van der Waals surface area contributed by atoms with Crippen LogP contribution in [0, 0.1) is 0 Å². The van der Waals surface area contributed by atoms with Crippen LogP contribution in [-0.2, 0) is 25.6 Å². The number of hydroxylamine groups is 2. The lowest BCUT2D eigenvalue weighted by molar-refractivity contribution is -0.197. The third-order valence-corrected chi connectivity index (χ3v) is 3.11. The zero-order valence-corrected chi connectivity index (χ0v) is 15.1. The second-order valence-corrected chi connectivity index (χ2v) is 5.15. The minimum atomic E-state index is -0.698. The Morgan fingerprint density at radius 3 is 2.12 bits per heavy atom. The highest BCUT2D eigenvalue weighted by Gasteiger charge is 2.32. The van der Waals surface area contributed by atoms with Crippen LogP contribution < -0.4 is 11.5 Å². The fourth-order valence-electron chi connectivity index (χ4n) is 1.94. The van der Waals surface area contributed by atoms with E-state index in [9.17, 15) is 14.4 Å². The monoisotopic (exact) mass is 361 g/mol. The number of rotatable bonds is 5. The van der Waals surface area contributed by atoms with Gasteiger partial charge in [0, 0.05) is 18.4 Å². The molecule has 140 valence electrons. The van der Waals surface area contributed by atoms with Gasteiger partial charge in [0.2, 0.25) is 0 Å². The molecule has 26 heavy (non-hydrogen) atoms. The summed E-state index contributed by atoms with van der Waals surface area (Å²) in [6.07, 6.45) is 0.0306. The van der Waals surface area contributed by atoms with E-state index in [2.05, 4.69) is 10.2 Å². The van der Waals surface area contributed by atoms with Gasteiger partial charge in [0.25, 0.3) is 11.8 Å². The Morgan fingerprint density at radius 2 is 1.62 bits per heavy atom. The van der Waals surface area contributed by atoms with Crippen LogP contribution in [0.4, 0.5) is 0 Å². The summed E-state index contributed by atoms with van der Waals surface area (Å²) >= 11 is 0. The summed E-state index contributed by atoms with van der Waals surface area (Å²) in [5.74, 6) is -1.26. The number of imide groups is 1. The lowest BCUT2D eigenvalue weighted by atomic mass is 10.1. The SMILES string of the molecule is C/C(N)=N/N=C(\N)c1ccc(CC(=O)ON2C(=O)CCC2=O)cc1.CC. The molecule has 0 aromatic heterocycles. The minimum Gasteiger partial charge on any atom is -0.386 e. The predicted octanol–water partition coefficient (Wildman–Crippen LogP) is 0.860. The van der Waals surface area contributed by atoms with E-state index in [0.717, 1.165) is 0 Å². The largest absolute Gasteiger partial charge is 0.386 e. The van der Waals surface area contributed by atoms with Crippen molar-refractivity contribution in [2.45, 2.75) is 40.0 Å². The van der Waals surface area contributed by atoms with Crippen LogP contribution in [0.3, 0.4) is 0 Å². The van der Waals surface area contributed by atoms with Gasteiger partial charge in [0.15, 0.2) is 5.84 Å². The summed E-state index contributed by atoms with van der Waals surface area (Å²) in [7, 11) is 0. The summed E-state index contributed by atoms with van der Waals surface area (Å²) in [6, 6.07) is 6.64. The lowest BCUT2D eigenvalue weighted by Gasteiger charge is -2.12. The van der Waals surface area contributed by atoms with E-state index in [-0.39, 0.29) is 30.9 Å². The Kier molecular flexibility index (Phi) is 7.94. The average Bonchev–Trinajstić information content (AvgIpc) is 2.94. The Balaban J connectivity index is 0.00000163. The fraction of sp³-hybridized carbons (Fsp3) is 0.353. The Labute approximate surface area is 151 Å². The molecule has 1 fully saturated rings. The molecule has 9 nitrogen and oxygen atoms in total. The first-order valence-corrected chi connectivity index (χ1v) is 8.16. The van der Waals surface area contributed by atoms with E-state index in [1.165, 1.54) is 0 Å². The second kappa shape index (κ2) is 9.92. The lowest BCUT2D eigenvalue weighted by Crippen LogP contribution is -2.32. The fourth-order valence-corrected chi connectivity index (χ4v) is 1.94. The van der Waals surface area contributed by atoms with Crippen molar-refractivity contribution in [2.24, 2.45) is 21.7 Å². The van der Waals surface area contributed by atoms with Gasteiger partial charge in [-0.2, -0.15) is 0 Å². The molecule has 4 N–H and O–H groups in total. The molecule has 0 bridgehead atoms. The summed E-state index contributed by atoms with van der Waals surface area (Å²) in [5, 5.41) is 7.93. The number of nitrogens with two attached hydrogens (primary N) is 2. The molecular weight excluding hydrogens is 338 g/mol. The van der Waals surface area contributed by atoms with Gasteiger partial charge in [-0.15, -0.1) is 15.3 Å². The van der Waals surface area contributed by atoms with Crippen molar-refractivity contribution in [3.8, 4) is 0 Å². The third kappa shape index (κ3) is 6.00. The summed E-state index contributed by atoms with van der Waals surface area (Å²) in [4.78, 5) is 39.4. The van der Waals surface area contributed by atoms with Gasteiger partial charge in [-0.1, -0.05) is 38.1 Å². The number of nitrogens with zero attached hydrogens (tertiary/aromatic N) is 3. The number of amides is 2. The van der Waals surface area contributed by atoms with E-state index < -0.39 is 17.8 Å². The van der Waals surface area contributed by atoms with Crippen LogP contribution in [0.2, 0.25) is 0 Å². The van der Waals surface area contributed by atoms with Crippen molar-refractivity contribution < 1.29 is 19.2 Å². The van der Waals surface area contributed by atoms with E-state index in [1.807, 2.05) is 13.8 Å². The summed E-state index contributed by atoms with van der Waals surface area (Å²) in [6.45, 7) is 5.58. The van der Waals surface area contributed by atoms with Gasteiger partial charge >= 0.3 is 5.97 Å². The standard InChI is InChI=1S/C15H17N5O4.C2H6/c1-9(16)18-19-15(17)11-4-2-10(3-5-11)8-14(23)24-20-12(21)6-7-13(20)22;1-2/h2-5H,6-8H2,1H3,(H2,16,18)(H2,17,19);1-2H3. The molecule has 0 radical (unpaired) electrons. The molecule has 0 saturated carbocycles. The normalized spacial score (nSPS) is 14.8.